The molecule has 2 aromatic rings. The van der Waals surface area contributed by atoms with Gasteiger partial charge < -0.3 is 4.98 Å². The second kappa shape index (κ2) is 3.33. The van der Waals surface area contributed by atoms with Crippen LogP contribution in [0.2, 0.25) is 5.02 Å². The van der Waals surface area contributed by atoms with Gasteiger partial charge in [-0.2, -0.15) is 0 Å². The molecule has 0 fully saturated rings. The van der Waals surface area contributed by atoms with Crippen molar-refractivity contribution in [2.75, 3.05) is 0 Å². The highest BCUT2D eigenvalue weighted by Crippen LogP contribution is 2.29. The summed E-state index contributed by atoms with van der Waals surface area (Å²) < 4.78 is 13.9. The van der Waals surface area contributed by atoms with E-state index < -0.39 is 11.4 Å². The number of aromatic amines is 1. The number of rotatable bonds is 0. The van der Waals surface area contributed by atoms with Gasteiger partial charge in [0.2, 0.25) is 0 Å². The molecular weight excluding hydrogens is 274 g/mol. The molecule has 6 heteroatoms. The minimum Gasteiger partial charge on any atom is -0.313 e. The molecule has 0 unspecified atom stereocenters. The van der Waals surface area contributed by atoms with E-state index >= 15 is 0 Å². The van der Waals surface area contributed by atoms with Gasteiger partial charge in [0, 0.05) is 4.47 Å². The number of aromatic nitrogens is 2. The lowest BCUT2D eigenvalue weighted by molar-refractivity contribution is 0.638. The normalized spacial score (nSPS) is 10.8. The van der Waals surface area contributed by atoms with Crippen molar-refractivity contribution in [2.24, 2.45) is 0 Å². The van der Waals surface area contributed by atoms with E-state index in [-0.39, 0.29) is 15.9 Å². The van der Waals surface area contributed by atoms with Crippen molar-refractivity contribution in [3.05, 3.63) is 38.1 Å². The Kier molecular flexibility index (Phi) is 2.28. The molecule has 2 rings (SSSR count). The van der Waals surface area contributed by atoms with Gasteiger partial charge in [0.15, 0.2) is 5.82 Å². The molecule has 0 aliphatic carbocycles. The summed E-state index contributed by atoms with van der Waals surface area (Å²) >= 11 is 8.69. The largest absolute Gasteiger partial charge is 0.313 e. The molecule has 0 aliphatic rings. The highest BCUT2D eigenvalue weighted by Gasteiger charge is 2.13. The van der Waals surface area contributed by atoms with Gasteiger partial charge in [0.05, 0.1) is 16.9 Å². The standard InChI is InChI=1S/C8H3BrClFN2O/c9-3-1-4-5(7(11)6(3)10)8(14)13-2-12-4/h1-2H,(H,12,13,14). The minimum absolute atomic E-state index is 0.115. The lowest BCUT2D eigenvalue weighted by atomic mass is 10.2. The zero-order chi connectivity index (χ0) is 10.3. The average Bonchev–Trinajstić information content (AvgIpc) is 2.14. The topological polar surface area (TPSA) is 45.8 Å². The average molecular weight is 277 g/mol. The van der Waals surface area contributed by atoms with Crippen molar-refractivity contribution in [1.82, 2.24) is 9.97 Å². The summed E-state index contributed by atoms with van der Waals surface area (Å²) in [5, 5.41) is -0.239. The quantitative estimate of drug-likeness (QED) is 0.752. The van der Waals surface area contributed by atoms with E-state index in [1.165, 1.54) is 12.4 Å². The third-order valence-electron chi connectivity index (χ3n) is 1.77. The van der Waals surface area contributed by atoms with Crippen LogP contribution in [0.15, 0.2) is 21.7 Å². The minimum atomic E-state index is -0.759. The maximum atomic E-state index is 13.5. The number of nitrogens with one attached hydrogen (secondary N) is 1. The van der Waals surface area contributed by atoms with Crippen LogP contribution in [-0.4, -0.2) is 9.97 Å². The van der Waals surface area contributed by atoms with E-state index in [0.29, 0.717) is 4.47 Å². The van der Waals surface area contributed by atoms with Crippen LogP contribution in [0.3, 0.4) is 0 Å². The third-order valence-corrected chi connectivity index (χ3v) is 2.99. The molecule has 0 atom stereocenters. The number of H-pyrrole nitrogens is 1. The van der Waals surface area contributed by atoms with E-state index in [9.17, 15) is 9.18 Å². The molecule has 0 saturated heterocycles. The van der Waals surface area contributed by atoms with Crippen LogP contribution in [0.1, 0.15) is 0 Å². The summed E-state index contributed by atoms with van der Waals surface area (Å²) in [4.78, 5) is 17.4. The number of hydrogen-bond donors (Lipinski definition) is 1. The maximum Gasteiger partial charge on any atom is 0.261 e. The van der Waals surface area contributed by atoms with Crippen LogP contribution < -0.4 is 5.56 Å². The van der Waals surface area contributed by atoms with Gasteiger partial charge in [-0.15, -0.1) is 0 Å². The zero-order valence-electron chi connectivity index (χ0n) is 6.64. The molecule has 0 aliphatic heterocycles. The molecule has 14 heavy (non-hydrogen) atoms. The highest BCUT2D eigenvalue weighted by atomic mass is 79.9. The molecule has 0 saturated carbocycles. The number of hydrogen-bond acceptors (Lipinski definition) is 2. The number of halogens is 3. The lowest BCUT2D eigenvalue weighted by Gasteiger charge is -2.01. The van der Waals surface area contributed by atoms with Gasteiger partial charge in [-0.05, 0) is 22.0 Å². The summed E-state index contributed by atoms with van der Waals surface area (Å²) in [5.74, 6) is -0.759. The van der Waals surface area contributed by atoms with Crippen LogP contribution >= 0.6 is 27.5 Å². The van der Waals surface area contributed by atoms with Crippen molar-refractivity contribution in [2.45, 2.75) is 0 Å². The van der Waals surface area contributed by atoms with Gasteiger partial charge >= 0.3 is 0 Å². The lowest BCUT2D eigenvalue weighted by Crippen LogP contribution is -2.08. The smallest absolute Gasteiger partial charge is 0.261 e. The van der Waals surface area contributed by atoms with Gasteiger partial charge in [-0.1, -0.05) is 11.6 Å². The van der Waals surface area contributed by atoms with Gasteiger partial charge in [-0.3, -0.25) is 4.79 Å². The summed E-state index contributed by atoms with van der Waals surface area (Å²) in [6, 6.07) is 1.50. The first kappa shape index (κ1) is 9.61. The molecule has 72 valence electrons. The Morgan fingerprint density at radius 2 is 2.29 bits per heavy atom. The maximum absolute atomic E-state index is 13.5. The fourth-order valence-electron chi connectivity index (χ4n) is 1.13. The Labute approximate surface area is 91.1 Å². The zero-order valence-corrected chi connectivity index (χ0v) is 8.99. The first-order valence-corrected chi connectivity index (χ1v) is 4.79. The molecule has 1 aromatic heterocycles. The van der Waals surface area contributed by atoms with Crippen molar-refractivity contribution < 1.29 is 4.39 Å². The van der Waals surface area contributed by atoms with E-state index in [1.54, 1.807) is 0 Å². The number of fused-ring (bicyclic) bond motifs is 1. The second-order valence-corrected chi connectivity index (χ2v) is 3.84. The van der Waals surface area contributed by atoms with Crippen molar-refractivity contribution in [3.63, 3.8) is 0 Å². The Hall–Kier alpha value is -0.940. The van der Waals surface area contributed by atoms with Gasteiger partial charge in [-0.25, -0.2) is 9.37 Å². The fourth-order valence-corrected chi connectivity index (χ4v) is 1.67. The molecule has 0 bridgehead atoms. The number of benzene rings is 1. The van der Waals surface area contributed by atoms with E-state index in [1.807, 2.05) is 0 Å². The summed E-state index contributed by atoms with van der Waals surface area (Å²) in [7, 11) is 0. The Bertz CT molecular complexity index is 569. The van der Waals surface area contributed by atoms with E-state index in [4.69, 9.17) is 11.6 Å². The third kappa shape index (κ3) is 1.33. The van der Waals surface area contributed by atoms with Crippen molar-refractivity contribution in [3.8, 4) is 0 Å². The predicted octanol–water partition coefficient (Wildman–Crippen LogP) is 2.48. The molecule has 3 nitrogen and oxygen atoms in total. The summed E-state index contributed by atoms with van der Waals surface area (Å²) in [6.45, 7) is 0. The van der Waals surface area contributed by atoms with Crippen LogP contribution in [0.5, 0.6) is 0 Å². The Morgan fingerprint density at radius 1 is 1.57 bits per heavy atom. The first-order chi connectivity index (χ1) is 6.61. The molecule has 1 heterocycles. The van der Waals surface area contributed by atoms with Crippen LogP contribution in [0, 0.1) is 5.82 Å². The Morgan fingerprint density at radius 3 is 3.00 bits per heavy atom. The second-order valence-electron chi connectivity index (χ2n) is 2.61. The number of nitrogens with zero attached hydrogens (tertiary/aromatic N) is 1. The molecule has 0 spiro atoms. The summed E-state index contributed by atoms with van der Waals surface area (Å²) in [6.07, 6.45) is 1.21. The SMILES string of the molecule is O=c1[nH]cnc2cc(Br)c(Cl)c(F)c12. The molecule has 0 radical (unpaired) electrons. The van der Waals surface area contributed by atoms with Crippen LogP contribution in [-0.2, 0) is 0 Å². The van der Waals surface area contributed by atoms with Crippen LogP contribution in [0.25, 0.3) is 10.9 Å². The van der Waals surface area contributed by atoms with Crippen LogP contribution in [0.4, 0.5) is 4.39 Å². The van der Waals surface area contributed by atoms with E-state index in [0.717, 1.165) is 0 Å². The molecule has 1 N–H and O–H groups in total. The summed E-state index contributed by atoms with van der Waals surface area (Å²) in [5.41, 5.74) is -0.274. The first-order valence-electron chi connectivity index (χ1n) is 3.62. The van der Waals surface area contributed by atoms with Gasteiger partial charge in [0.25, 0.3) is 5.56 Å². The van der Waals surface area contributed by atoms with Gasteiger partial charge in [0.1, 0.15) is 5.39 Å². The van der Waals surface area contributed by atoms with E-state index in [2.05, 4.69) is 25.9 Å². The highest BCUT2D eigenvalue weighted by molar-refractivity contribution is 9.10. The monoisotopic (exact) mass is 276 g/mol. The Balaban J connectivity index is 3.07. The predicted molar refractivity (Wildman–Crippen MR) is 55.0 cm³/mol. The fraction of sp³-hybridized carbons (Fsp3) is 0. The molecule has 1 aromatic carbocycles. The van der Waals surface area contributed by atoms with Crippen molar-refractivity contribution >= 4 is 38.4 Å². The molecular formula is C8H3BrClFN2O. The van der Waals surface area contributed by atoms with Crippen molar-refractivity contribution in [1.29, 1.82) is 0 Å². The molecule has 0 amide bonds.